The molecule has 1 aromatic heterocycles. The van der Waals surface area contributed by atoms with Gasteiger partial charge in [-0.2, -0.15) is 18.3 Å². The van der Waals surface area contributed by atoms with Gasteiger partial charge in [0, 0.05) is 25.1 Å². The second kappa shape index (κ2) is 7.35. The van der Waals surface area contributed by atoms with Crippen LogP contribution in [0.4, 0.5) is 23.7 Å². The number of likely N-dealkylation sites (N-methyl/N-ethyl adjacent to an activating group) is 1. The zero-order chi connectivity index (χ0) is 17.7. The topological polar surface area (TPSA) is 70.4 Å². The molecule has 2 rings (SSSR count). The summed E-state index contributed by atoms with van der Waals surface area (Å²) in [5.74, 6) is 0. The van der Waals surface area contributed by atoms with Gasteiger partial charge < -0.3 is 15.3 Å². The van der Waals surface area contributed by atoms with Crippen molar-refractivity contribution in [3.63, 3.8) is 0 Å². The van der Waals surface area contributed by atoms with Crippen LogP contribution >= 0.6 is 0 Å². The van der Waals surface area contributed by atoms with Gasteiger partial charge in [-0.15, -0.1) is 0 Å². The van der Waals surface area contributed by atoms with Gasteiger partial charge in [0.2, 0.25) is 0 Å². The predicted molar refractivity (Wildman–Crippen MR) is 81.5 cm³/mol. The maximum absolute atomic E-state index is 12.3. The molecule has 0 saturated heterocycles. The SMILES string of the molecule is CN(C[C@H](O)C(F)(F)F)C(=O)Nc1cccc(Cn2cccn2)c1. The van der Waals surface area contributed by atoms with E-state index in [1.807, 2.05) is 6.07 Å². The van der Waals surface area contributed by atoms with Gasteiger partial charge in [-0.05, 0) is 23.8 Å². The monoisotopic (exact) mass is 342 g/mol. The van der Waals surface area contributed by atoms with Crippen molar-refractivity contribution in [3.8, 4) is 0 Å². The Morgan fingerprint density at radius 3 is 2.79 bits per heavy atom. The standard InChI is InChI=1S/C15H17F3N4O2/c1-21(10-13(23)15(16,17)18)14(24)20-12-5-2-4-11(8-12)9-22-7-3-6-19-22/h2-8,13,23H,9-10H2,1H3,(H,20,24)/t13-/m0/s1. The number of carbonyl (C=O) groups is 1. The van der Waals surface area contributed by atoms with E-state index in [2.05, 4.69) is 10.4 Å². The number of aliphatic hydroxyl groups is 1. The average Bonchev–Trinajstić information content (AvgIpc) is 2.99. The van der Waals surface area contributed by atoms with E-state index in [9.17, 15) is 18.0 Å². The van der Waals surface area contributed by atoms with Crippen molar-refractivity contribution in [2.45, 2.75) is 18.8 Å². The minimum Gasteiger partial charge on any atom is -0.382 e. The Hall–Kier alpha value is -2.55. The van der Waals surface area contributed by atoms with Crippen molar-refractivity contribution in [2.75, 3.05) is 18.9 Å². The number of nitrogens with zero attached hydrogens (tertiary/aromatic N) is 3. The van der Waals surface area contributed by atoms with Crippen molar-refractivity contribution in [3.05, 3.63) is 48.3 Å². The third-order valence-electron chi connectivity index (χ3n) is 3.25. The molecule has 1 aromatic carbocycles. The second-order valence-corrected chi connectivity index (χ2v) is 5.27. The lowest BCUT2D eigenvalue weighted by atomic mass is 10.2. The number of hydrogen-bond acceptors (Lipinski definition) is 3. The molecule has 0 aliphatic heterocycles. The number of anilines is 1. The van der Waals surface area contributed by atoms with E-state index < -0.39 is 24.9 Å². The summed E-state index contributed by atoms with van der Waals surface area (Å²) in [6.07, 6.45) is -3.91. The van der Waals surface area contributed by atoms with Gasteiger partial charge in [0.25, 0.3) is 0 Å². The zero-order valence-electron chi connectivity index (χ0n) is 12.9. The summed E-state index contributed by atoms with van der Waals surface area (Å²) in [6.45, 7) is -0.346. The summed E-state index contributed by atoms with van der Waals surface area (Å²) in [5.41, 5.74) is 1.31. The third kappa shape index (κ3) is 4.98. The number of urea groups is 1. The summed E-state index contributed by atoms with van der Waals surface area (Å²) < 4.78 is 38.7. The van der Waals surface area contributed by atoms with E-state index in [1.54, 1.807) is 41.3 Å². The molecule has 0 aliphatic carbocycles. The maximum Gasteiger partial charge on any atom is 0.416 e. The first-order valence-corrected chi connectivity index (χ1v) is 7.09. The van der Waals surface area contributed by atoms with Crippen molar-refractivity contribution in [2.24, 2.45) is 0 Å². The van der Waals surface area contributed by atoms with E-state index in [-0.39, 0.29) is 0 Å². The van der Waals surface area contributed by atoms with Crippen LogP contribution in [0.25, 0.3) is 0 Å². The average molecular weight is 342 g/mol. The molecular formula is C15H17F3N4O2. The summed E-state index contributed by atoms with van der Waals surface area (Å²) >= 11 is 0. The fourth-order valence-corrected chi connectivity index (χ4v) is 1.99. The molecule has 2 N–H and O–H groups in total. The molecule has 1 atom stereocenters. The highest BCUT2D eigenvalue weighted by Gasteiger charge is 2.39. The van der Waals surface area contributed by atoms with E-state index in [4.69, 9.17) is 5.11 Å². The number of halogens is 3. The molecule has 6 nitrogen and oxygen atoms in total. The lowest BCUT2D eigenvalue weighted by Crippen LogP contribution is -2.43. The molecule has 0 bridgehead atoms. The number of amides is 2. The van der Waals surface area contributed by atoms with Crippen molar-refractivity contribution >= 4 is 11.7 Å². The van der Waals surface area contributed by atoms with Crippen LogP contribution in [0.1, 0.15) is 5.56 Å². The summed E-state index contributed by atoms with van der Waals surface area (Å²) in [6, 6.07) is 7.93. The van der Waals surface area contributed by atoms with Gasteiger partial charge in [0.15, 0.2) is 6.10 Å². The first-order valence-electron chi connectivity index (χ1n) is 7.09. The molecule has 0 saturated carbocycles. The van der Waals surface area contributed by atoms with E-state index >= 15 is 0 Å². The quantitative estimate of drug-likeness (QED) is 0.876. The zero-order valence-corrected chi connectivity index (χ0v) is 12.9. The lowest BCUT2D eigenvalue weighted by Gasteiger charge is -2.22. The Balaban J connectivity index is 1.96. The number of alkyl halides is 3. The van der Waals surface area contributed by atoms with Crippen molar-refractivity contribution in [1.82, 2.24) is 14.7 Å². The van der Waals surface area contributed by atoms with E-state index in [0.29, 0.717) is 12.2 Å². The van der Waals surface area contributed by atoms with Crippen LogP contribution in [0.2, 0.25) is 0 Å². The van der Waals surface area contributed by atoms with E-state index in [0.717, 1.165) is 10.5 Å². The Kier molecular flexibility index (Phi) is 5.45. The fourth-order valence-electron chi connectivity index (χ4n) is 1.99. The first kappa shape index (κ1) is 17.8. The minimum absolute atomic E-state index is 0.443. The van der Waals surface area contributed by atoms with Crippen molar-refractivity contribution < 1.29 is 23.1 Å². The van der Waals surface area contributed by atoms with Crippen LogP contribution in [-0.4, -0.2) is 51.7 Å². The molecule has 24 heavy (non-hydrogen) atoms. The molecule has 1 heterocycles. The van der Waals surface area contributed by atoms with Crippen molar-refractivity contribution in [1.29, 1.82) is 0 Å². The van der Waals surface area contributed by atoms with E-state index in [1.165, 1.54) is 7.05 Å². The molecule has 0 spiro atoms. The van der Waals surface area contributed by atoms with Gasteiger partial charge in [0.1, 0.15) is 0 Å². The fraction of sp³-hybridized carbons (Fsp3) is 0.333. The highest BCUT2D eigenvalue weighted by atomic mass is 19.4. The summed E-state index contributed by atoms with van der Waals surface area (Å²) in [4.78, 5) is 12.7. The molecule has 2 aromatic rings. The number of rotatable bonds is 5. The van der Waals surface area contributed by atoms with Crippen LogP contribution < -0.4 is 5.32 Å². The Morgan fingerprint density at radius 1 is 1.42 bits per heavy atom. The first-order chi connectivity index (χ1) is 11.3. The number of benzene rings is 1. The maximum atomic E-state index is 12.3. The lowest BCUT2D eigenvalue weighted by molar-refractivity contribution is -0.205. The Morgan fingerprint density at radius 2 is 2.17 bits per heavy atom. The van der Waals surface area contributed by atoms with Crippen LogP contribution in [-0.2, 0) is 6.54 Å². The van der Waals surface area contributed by atoms with Crippen LogP contribution in [0, 0.1) is 0 Å². The highest BCUT2D eigenvalue weighted by molar-refractivity contribution is 5.89. The summed E-state index contributed by atoms with van der Waals surface area (Å²) in [5, 5.41) is 15.6. The number of carbonyl (C=O) groups excluding carboxylic acids is 1. The highest BCUT2D eigenvalue weighted by Crippen LogP contribution is 2.20. The van der Waals surface area contributed by atoms with Gasteiger partial charge >= 0.3 is 12.2 Å². The molecule has 2 amide bonds. The second-order valence-electron chi connectivity index (χ2n) is 5.27. The predicted octanol–water partition coefficient (Wildman–Crippen LogP) is 2.32. The Labute approximate surface area is 136 Å². The molecule has 0 unspecified atom stereocenters. The van der Waals surface area contributed by atoms with Gasteiger partial charge in [0.05, 0.1) is 13.1 Å². The van der Waals surface area contributed by atoms with Crippen LogP contribution in [0.5, 0.6) is 0 Å². The van der Waals surface area contributed by atoms with Gasteiger partial charge in [-0.25, -0.2) is 4.79 Å². The molecule has 0 fully saturated rings. The largest absolute Gasteiger partial charge is 0.416 e. The number of aromatic nitrogens is 2. The number of nitrogens with one attached hydrogen (secondary N) is 1. The van der Waals surface area contributed by atoms with Gasteiger partial charge in [-0.3, -0.25) is 4.68 Å². The molecule has 0 aliphatic rings. The van der Waals surface area contributed by atoms with Crippen LogP contribution in [0.3, 0.4) is 0 Å². The smallest absolute Gasteiger partial charge is 0.382 e. The molecular weight excluding hydrogens is 325 g/mol. The van der Waals surface area contributed by atoms with Crippen LogP contribution in [0.15, 0.2) is 42.7 Å². The number of aliphatic hydroxyl groups excluding tert-OH is 1. The minimum atomic E-state index is -4.77. The molecule has 130 valence electrons. The van der Waals surface area contributed by atoms with Gasteiger partial charge in [-0.1, -0.05) is 12.1 Å². The molecule has 9 heteroatoms. The third-order valence-corrected chi connectivity index (χ3v) is 3.25. The Bertz CT molecular complexity index is 674. The summed E-state index contributed by atoms with van der Waals surface area (Å²) in [7, 11) is 1.18. The molecule has 0 radical (unpaired) electrons. The normalized spacial score (nSPS) is 12.7. The number of hydrogen-bond donors (Lipinski definition) is 2.